The third kappa shape index (κ3) is 1.82. The quantitative estimate of drug-likeness (QED) is 0.863. The minimum Gasteiger partial charge on any atom is -0.382 e. The van der Waals surface area contributed by atoms with Crippen molar-refractivity contribution in [3.63, 3.8) is 0 Å². The fourth-order valence-corrected chi connectivity index (χ4v) is 2.60. The molecular formula is C11H17ClN4. The van der Waals surface area contributed by atoms with Gasteiger partial charge in [0.15, 0.2) is 5.82 Å². The summed E-state index contributed by atoms with van der Waals surface area (Å²) in [5.74, 6) is 1.15. The van der Waals surface area contributed by atoms with Gasteiger partial charge in [-0.25, -0.2) is 9.97 Å². The van der Waals surface area contributed by atoms with E-state index in [0.29, 0.717) is 22.9 Å². The van der Waals surface area contributed by atoms with Gasteiger partial charge < -0.3 is 10.6 Å². The summed E-state index contributed by atoms with van der Waals surface area (Å²) in [4.78, 5) is 10.4. The Hall–Kier alpha value is -1.03. The van der Waals surface area contributed by atoms with Crippen molar-refractivity contribution in [2.45, 2.75) is 45.2 Å². The highest BCUT2D eigenvalue weighted by Gasteiger charge is 2.32. The highest BCUT2D eigenvalue weighted by molar-refractivity contribution is 6.35. The number of nitrogen functional groups attached to an aromatic ring is 1. The maximum absolute atomic E-state index is 6.17. The van der Waals surface area contributed by atoms with E-state index < -0.39 is 0 Å². The zero-order valence-electron chi connectivity index (χ0n) is 9.65. The number of aromatic nitrogens is 2. The Balaban J connectivity index is 2.38. The van der Waals surface area contributed by atoms with E-state index in [1.165, 1.54) is 19.2 Å². The lowest BCUT2D eigenvalue weighted by atomic mass is 10.1. The van der Waals surface area contributed by atoms with Crippen LogP contribution < -0.4 is 10.6 Å². The summed E-state index contributed by atoms with van der Waals surface area (Å²) in [6.45, 7) is 4.39. The normalized spacial score (nSPS) is 25.1. The van der Waals surface area contributed by atoms with E-state index in [-0.39, 0.29) is 0 Å². The molecule has 0 aliphatic carbocycles. The second kappa shape index (κ2) is 4.45. The SMILES string of the molecule is CCC1CCC(C)N1c1ncnc(N)c1Cl. The minimum atomic E-state index is 0.362. The predicted octanol–water partition coefficient (Wildman–Crippen LogP) is 2.48. The summed E-state index contributed by atoms with van der Waals surface area (Å²) in [6.07, 6.45) is 4.95. The summed E-state index contributed by atoms with van der Waals surface area (Å²) < 4.78 is 0. The summed E-state index contributed by atoms with van der Waals surface area (Å²) >= 11 is 6.17. The van der Waals surface area contributed by atoms with Crippen LogP contribution in [0, 0.1) is 0 Å². The number of nitrogens with zero attached hydrogens (tertiary/aromatic N) is 3. The Labute approximate surface area is 101 Å². The lowest BCUT2D eigenvalue weighted by Gasteiger charge is -2.29. The van der Waals surface area contributed by atoms with Gasteiger partial charge in [0.05, 0.1) is 0 Å². The van der Waals surface area contributed by atoms with Crippen molar-refractivity contribution in [3.8, 4) is 0 Å². The molecule has 1 aliphatic rings. The smallest absolute Gasteiger partial charge is 0.153 e. The molecule has 0 radical (unpaired) electrons. The first-order valence-corrected chi connectivity index (χ1v) is 6.07. The van der Waals surface area contributed by atoms with Gasteiger partial charge >= 0.3 is 0 Å². The van der Waals surface area contributed by atoms with Crippen LogP contribution in [-0.2, 0) is 0 Å². The average Bonchev–Trinajstić information content (AvgIpc) is 2.64. The van der Waals surface area contributed by atoms with Crippen LogP contribution in [0.25, 0.3) is 0 Å². The molecule has 88 valence electrons. The molecule has 0 amide bonds. The number of nitrogens with two attached hydrogens (primary N) is 1. The molecule has 2 N–H and O–H groups in total. The van der Waals surface area contributed by atoms with Gasteiger partial charge in [0.2, 0.25) is 0 Å². The molecule has 1 fully saturated rings. The van der Waals surface area contributed by atoms with Crippen LogP contribution in [0.4, 0.5) is 11.6 Å². The van der Waals surface area contributed by atoms with Crippen molar-refractivity contribution in [2.75, 3.05) is 10.6 Å². The van der Waals surface area contributed by atoms with E-state index in [0.717, 1.165) is 12.2 Å². The van der Waals surface area contributed by atoms with E-state index in [1.807, 2.05) is 0 Å². The fraction of sp³-hybridized carbons (Fsp3) is 0.636. The van der Waals surface area contributed by atoms with Gasteiger partial charge in [-0.2, -0.15) is 0 Å². The molecule has 1 aromatic rings. The van der Waals surface area contributed by atoms with Crippen molar-refractivity contribution in [2.24, 2.45) is 0 Å². The molecule has 0 aromatic carbocycles. The van der Waals surface area contributed by atoms with Gasteiger partial charge in [0.1, 0.15) is 17.2 Å². The first kappa shape index (κ1) is 11.5. The van der Waals surface area contributed by atoms with Crippen LogP contribution in [0.2, 0.25) is 5.02 Å². The van der Waals surface area contributed by atoms with Crippen LogP contribution >= 0.6 is 11.6 Å². The molecule has 1 saturated heterocycles. The van der Waals surface area contributed by atoms with Crippen molar-refractivity contribution in [1.29, 1.82) is 0 Å². The van der Waals surface area contributed by atoms with Crippen molar-refractivity contribution < 1.29 is 0 Å². The van der Waals surface area contributed by atoms with Crippen LogP contribution in [0.15, 0.2) is 6.33 Å². The first-order chi connectivity index (χ1) is 7.65. The molecule has 0 saturated carbocycles. The zero-order chi connectivity index (χ0) is 11.7. The lowest BCUT2D eigenvalue weighted by molar-refractivity contribution is 0.620. The molecule has 2 rings (SSSR count). The Morgan fingerprint density at radius 1 is 1.50 bits per heavy atom. The molecule has 0 spiro atoms. The maximum Gasteiger partial charge on any atom is 0.153 e. The Morgan fingerprint density at radius 2 is 2.25 bits per heavy atom. The average molecular weight is 241 g/mol. The van der Waals surface area contributed by atoms with E-state index in [2.05, 4.69) is 28.7 Å². The Kier molecular flexibility index (Phi) is 3.19. The molecule has 2 atom stereocenters. The fourth-order valence-electron chi connectivity index (χ4n) is 2.41. The molecule has 2 unspecified atom stereocenters. The van der Waals surface area contributed by atoms with Crippen LogP contribution in [0.1, 0.15) is 33.1 Å². The first-order valence-electron chi connectivity index (χ1n) is 5.69. The molecule has 0 bridgehead atoms. The number of anilines is 2. The number of hydrogen-bond acceptors (Lipinski definition) is 4. The number of rotatable bonds is 2. The van der Waals surface area contributed by atoms with E-state index >= 15 is 0 Å². The molecule has 5 heteroatoms. The highest BCUT2D eigenvalue weighted by Crippen LogP contribution is 2.36. The van der Waals surface area contributed by atoms with Crippen LogP contribution in [-0.4, -0.2) is 22.1 Å². The second-order valence-corrected chi connectivity index (χ2v) is 4.67. The molecular weight excluding hydrogens is 224 g/mol. The number of hydrogen-bond donors (Lipinski definition) is 1. The van der Waals surface area contributed by atoms with Crippen LogP contribution in [0.5, 0.6) is 0 Å². The largest absolute Gasteiger partial charge is 0.382 e. The minimum absolute atomic E-state index is 0.362. The van der Waals surface area contributed by atoms with Gasteiger partial charge in [-0.3, -0.25) is 0 Å². The van der Waals surface area contributed by atoms with Crippen molar-refractivity contribution >= 4 is 23.2 Å². The summed E-state index contributed by atoms with van der Waals surface area (Å²) in [7, 11) is 0. The molecule has 4 nitrogen and oxygen atoms in total. The van der Waals surface area contributed by atoms with E-state index in [9.17, 15) is 0 Å². The van der Waals surface area contributed by atoms with Gasteiger partial charge in [-0.15, -0.1) is 0 Å². The molecule has 2 heterocycles. The predicted molar refractivity (Wildman–Crippen MR) is 66.7 cm³/mol. The highest BCUT2D eigenvalue weighted by atomic mass is 35.5. The lowest BCUT2D eigenvalue weighted by Crippen LogP contribution is -2.35. The van der Waals surface area contributed by atoms with E-state index in [4.69, 9.17) is 17.3 Å². The molecule has 16 heavy (non-hydrogen) atoms. The monoisotopic (exact) mass is 240 g/mol. The third-order valence-corrected chi connectivity index (χ3v) is 3.66. The third-order valence-electron chi connectivity index (χ3n) is 3.30. The zero-order valence-corrected chi connectivity index (χ0v) is 10.4. The summed E-state index contributed by atoms with van der Waals surface area (Å²) in [5.41, 5.74) is 5.71. The van der Waals surface area contributed by atoms with Crippen LogP contribution in [0.3, 0.4) is 0 Å². The van der Waals surface area contributed by atoms with Crippen molar-refractivity contribution in [3.05, 3.63) is 11.3 Å². The Morgan fingerprint density at radius 3 is 2.94 bits per heavy atom. The maximum atomic E-state index is 6.17. The standard InChI is InChI=1S/C11H17ClN4/c1-3-8-5-4-7(2)16(8)11-9(12)10(13)14-6-15-11/h6-8H,3-5H2,1-2H3,(H2,13,14,15). The molecule has 1 aromatic heterocycles. The number of halogens is 1. The molecule has 1 aliphatic heterocycles. The van der Waals surface area contributed by atoms with Gasteiger partial charge in [-0.1, -0.05) is 18.5 Å². The summed E-state index contributed by atoms with van der Waals surface area (Å²) in [6, 6.07) is 0.985. The summed E-state index contributed by atoms with van der Waals surface area (Å²) in [5, 5.41) is 0.481. The second-order valence-electron chi connectivity index (χ2n) is 4.29. The Bertz CT molecular complexity index is 382. The van der Waals surface area contributed by atoms with Gasteiger partial charge in [0.25, 0.3) is 0 Å². The van der Waals surface area contributed by atoms with Crippen molar-refractivity contribution in [1.82, 2.24) is 9.97 Å². The van der Waals surface area contributed by atoms with Gasteiger partial charge in [0, 0.05) is 12.1 Å². The van der Waals surface area contributed by atoms with Gasteiger partial charge in [-0.05, 0) is 26.2 Å². The van der Waals surface area contributed by atoms with E-state index in [1.54, 1.807) is 0 Å². The topological polar surface area (TPSA) is 55.0 Å².